The number of hydrogen-bond donors (Lipinski definition) is 1. The summed E-state index contributed by atoms with van der Waals surface area (Å²) in [6.45, 7) is 2.51. The lowest BCUT2D eigenvalue weighted by atomic mass is 9.95. The topological polar surface area (TPSA) is 66.8 Å². The summed E-state index contributed by atoms with van der Waals surface area (Å²) in [5.74, 6) is -3.57. The predicted octanol–water partition coefficient (Wildman–Crippen LogP) is 5.38. The van der Waals surface area contributed by atoms with Crippen molar-refractivity contribution in [3.05, 3.63) is 101 Å². The SMILES string of the molecule is CCCOc1ccc(/C(O)=C2\C(=O)C(=O)N(c3ccc(F)cc3F)C2c2ccccc2)cc1. The fourth-order valence-corrected chi connectivity index (χ4v) is 3.79. The molecule has 5 nitrogen and oxygen atoms in total. The van der Waals surface area contributed by atoms with Gasteiger partial charge in [0.2, 0.25) is 0 Å². The smallest absolute Gasteiger partial charge is 0.300 e. The van der Waals surface area contributed by atoms with E-state index in [1.807, 2.05) is 6.92 Å². The van der Waals surface area contributed by atoms with Crippen LogP contribution in [0.1, 0.15) is 30.5 Å². The van der Waals surface area contributed by atoms with Crippen molar-refractivity contribution in [2.24, 2.45) is 0 Å². The lowest BCUT2D eigenvalue weighted by Crippen LogP contribution is -2.30. The summed E-state index contributed by atoms with van der Waals surface area (Å²) >= 11 is 0. The van der Waals surface area contributed by atoms with E-state index in [1.54, 1.807) is 54.6 Å². The molecular formula is C26H21F2NO4. The van der Waals surface area contributed by atoms with Crippen LogP contribution < -0.4 is 9.64 Å². The summed E-state index contributed by atoms with van der Waals surface area (Å²) in [6, 6.07) is 16.6. The molecule has 4 rings (SSSR count). The third kappa shape index (κ3) is 4.22. The van der Waals surface area contributed by atoms with E-state index in [4.69, 9.17) is 4.74 Å². The molecule has 0 aromatic heterocycles. The Kier molecular flexibility index (Phi) is 6.22. The molecule has 1 saturated heterocycles. The molecule has 0 aliphatic carbocycles. The molecule has 0 radical (unpaired) electrons. The average Bonchev–Trinajstić information content (AvgIpc) is 3.08. The van der Waals surface area contributed by atoms with Crippen LogP contribution in [0.4, 0.5) is 14.5 Å². The Morgan fingerprint density at radius 1 is 1.00 bits per heavy atom. The number of amides is 1. The van der Waals surface area contributed by atoms with Crippen molar-refractivity contribution < 1.29 is 28.2 Å². The van der Waals surface area contributed by atoms with Gasteiger partial charge in [-0.15, -0.1) is 0 Å². The van der Waals surface area contributed by atoms with Crippen LogP contribution in [0, 0.1) is 11.6 Å². The van der Waals surface area contributed by atoms with Crippen LogP contribution in [0.3, 0.4) is 0 Å². The Hall–Kier alpha value is -4.00. The van der Waals surface area contributed by atoms with E-state index in [0.29, 0.717) is 29.5 Å². The number of rotatable bonds is 6. The van der Waals surface area contributed by atoms with Gasteiger partial charge in [-0.3, -0.25) is 14.5 Å². The first kappa shape index (κ1) is 22.2. The number of hydrogen-bond acceptors (Lipinski definition) is 4. The third-order valence-electron chi connectivity index (χ3n) is 5.33. The number of nitrogens with zero attached hydrogens (tertiary/aromatic N) is 1. The second-order valence-corrected chi connectivity index (χ2v) is 7.55. The van der Waals surface area contributed by atoms with Gasteiger partial charge in [-0.25, -0.2) is 8.78 Å². The molecule has 1 aliphatic rings. The first-order chi connectivity index (χ1) is 15.9. The Balaban J connectivity index is 1.85. The molecule has 33 heavy (non-hydrogen) atoms. The normalized spacial score (nSPS) is 17.4. The molecule has 0 saturated carbocycles. The number of carbonyl (C=O) groups is 2. The van der Waals surface area contributed by atoms with Gasteiger partial charge in [-0.05, 0) is 48.4 Å². The van der Waals surface area contributed by atoms with Crippen molar-refractivity contribution in [1.29, 1.82) is 0 Å². The zero-order valence-corrected chi connectivity index (χ0v) is 17.8. The molecular weight excluding hydrogens is 428 g/mol. The maximum absolute atomic E-state index is 14.7. The van der Waals surface area contributed by atoms with Crippen LogP contribution in [-0.4, -0.2) is 23.4 Å². The summed E-state index contributed by atoms with van der Waals surface area (Å²) in [4.78, 5) is 27.0. The van der Waals surface area contributed by atoms with E-state index in [-0.39, 0.29) is 11.3 Å². The third-order valence-corrected chi connectivity index (χ3v) is 5.33. The zero-order valence-electron chi connectivity index (χ0n) is 17.8. The van der Waals surface area contributed by atoms with Gasteiger partial charge in [-0.2, -0.15) is 0 Å². The highest BCUT2D eigenvalue weighted by molar-refractivity contribution is 6.51. The average molecular weight is 449 g/mol. The van der Waals surface area contributed by atoms with Gasteiger partial charge in [0.25, 0.3) is 11.7 Å². The first-order valence-electron chi connectivity index (χ1n) is 10.5. The lowest BCUT2D eigenvalue weighted by Gasteiger charge is -2.25. The van der Waals surface area contributed by atoms with Gasteiger partial charge in [0, 0.05) is 11.6 Å². The number of aliphatic hydroxyl groups is 1. The largest absolute Gasteiger partial charge is 0.507 e. The minimum atomic E-state index is -1.10. The monoisotopic (exact) mass is 449 g/mol. The van der Waals surface area contributed by atoms with E-state index in [2.05, 4.69) is 0 Å². The highest BCUT2D eigenvalue weighted by Gasteiger charge is 2.47. The van der Waals surface area contributed by atoms with Gasteiger partial charge < -0.3 is 9.84 Å². The van der Waals surface area contributed by atoms with Gasteiger partial charge in [0.1, 0.15) is 23.1 Å². The number of ketones is 1. The second-order valence-electron chi connectivity index (χ2n) is 7.55. The van der Waals surface area contributed by atoms with Crippen LogP contribution in [0.2, 0.25) is 0 Å². The summed E-state index contributed by atoms with van der Waals surface area (Å²) in [7, 11) is 0. The number of Topliss-reactive ketones (excluding diaryl/α,β-unsaturated/α-hetero) is 1. The lowest BCUT2D eigenvalue weighted by molar-refractivity contribution is -0.132. The Morgan fingerprint density at radius 3 is 2.33 bits per heavy atom. The van der Waals surface area contributed by atoms with Crippen LogP contribution in [0.15, 0.2) is 78.4 Å². The molecule has 1 aliphatic heterocycles. The predicted molar refractivity (Wildman–Crippen MR) is 120 cm³/mol. The molecule has 0 bridgehead atoms. The minimum absolute atomic E-state index is 0.183. The first-order valence-corrected chi connectivity index (χ1v) is 10.5. The molecule has 3 aromatic carbocycles. The second kappa shape index (κ2) is 9.24. The fourth-order valence-electron chi connectivity index (χ4n) is 3.79. The number of aliphatic hydroxyl groups excluding tert-OH is 1. The molecule has 1 atom stereocenters. The standard InChI is InChI=1S/C26H21F2NO4/c1-2-14-33-19-11-8-17(9-12-19)24(30)22-23(16-6-4-3-5-7-16)29(26(32)25(22)31)21-13-10-18(27)15-20(21)28/h3-13,15,23,30H,2,14H2,1H3/b24-22+. The van der Waals surface area contributed by atoms with Crippen molar-refractivity contribution in [3.8, 4) is 5.75 Å². The highest BCUT2D eigenvalue weighted by atomic mass is 19.1. The summed E-state index contributed by atoms with van der Waals surface area (Å²) in [5, 5.41) is 11.1. The number of halogens is 2. The summed E-state index contributed by atoms with van der Waals surface area (Å²) in [5.41, 5.74) is 0.356. The maximum atomic E-state index is 14.7. The van der Waals surface area contributed by atoms with Crippen LogP contribution in [-0.2, 0) is 9.59 Å². The Labute approximate surface area is 189 Å². The molecule has 0 spiro atoms. The number of benzene rings is 3. The van der Waals surface area contributed by atoms with Gasteiger partial charge >= 0.3 is 0 Å². The van der Waals surface area contributed by atoms with E-state index in [0.717, 1.165) is 23.5 Å². The van der Waals surface area contributed by atoms with E-state index >= 15 is 0 Å². The molecule has 1 fully saturated rings. The number of anilines is 1. The molecule has 1 unspecified atom stereocenters. The maximum Gasteiger partial charge on any atom is 0.300 e. The van der Waals surface area contributed by atoms with Gasteiger partial charge in [0.15, 0.2) is 0 Å². The van der Waals surface area contributed by atoms with E-state index in [1.165, 1.54) is 0 Å². The van der Waals surface area contributed by atoms with Crippen LogP contribution in [0.5, 0.6) is 5.75 Å². The van der Waals surface area contributed by atoms with Crippen molar-refractivity contribution in [2.75, 3.05) is 11.5 Å². The van der Waals surface area contributed by atoms with Gasteiger partial charge in [-0.1, -0.05) is 37.3 Å². The summed E-state index contributed by atoms with van der Waals surface area (Å²) < 4.78 is 33.7. The van der Waals surface area contributed by atoms with Crippen molar-refractivity contribution in [2.45, 2.75) is 19.4 Å². The minimum Gasteiger partial charge on any atom is -0.507 e. The van der Waals surface area contributed by atoms with Gasteiger partial charge in [0.05, 0.1) is 23.9 Å². The van der Waals surface area contributed by atoms with E-state index in [9.17, 15) is 23.5 Å². The molecule has 7 heteroatoms. The van der Waals surface area contributed by atoms with Crippen LogP contribution >= 0.6 is 0 Å². The fraction of sp³-hybridized carbons (Fsp3) is 0.154. The Morgan fingerprint density at radius 2 is 1.70 bits per heavy atom. The van der Waals surface area contributed by atoms with E-state index < -0.39 is 35.1 Å². The van der Waals surface area contributed by atoms with Crippen molar-refractivity contribution in [1.82, 2.24) is 0 Å². The molecule has 168 valence electrons. The zero-order chi connectivity index (χ0) is 23.5. The Bertz CT molecular complexity index is 1220. The number of carbonyl (C=O) groups excluding carboxylic acids is 2. The quantitative estimate of drug-likeness (QED) is 0.312. The number of ether oxygens (including phenoxy) is 1. The molecule has 3 aromatic rings. The van der Waals surface area contributed by atoms with Crippen molar-refractivity contribution >= 4 is 23.1 Å². The van der Waals surface area contributed by atoms with Crippen LogP contribution in [0.25, 0.3) is 5.76 Å². The summed E-state index contributed by atoms with van der Waals surface area (Å²) in [6.07, 6.45) is 0.836. The van der Waals surface area contributed by atoms with Crippen molar-refractivity contribution in [3.63, 3.8) is 0 Å². The molecule has 1 N–H and O–H groups in total. The molecule has 1 heterocycles. The molecule has 1 amide bonds. The highest BCUT2D eigenvalue weighted by Crippen LogP contribution is 2.43.